The third kappa shape index (κ3) is 9.62. The minimum absolute atomic E-state index is 0.211. The van der Waals surface area contributed by atoms with Gasteiger partial charge in [-0.05, 0) is 55.0 Å². The van der Waals surface area contributed by atoms with Crippen LogP contribution in [0.15, 0.2) is 121 Å². The topological polar surface area (TPSA) is 124 Å². The average Bonchev–Trinajstić information content (AvgIpc) is 3.15. The lowest BCUT2D eigenvalue weighted by Crippen LogP contribution is -2.63. The minimum Gasteiger partial charge on any atom is -0.459 e. The quantitative estimate of drug-likeness (QED) is 0.0843. The lowest BCUT2D eigenvalue weighted by molar-refractivity contribution is -0.298. The second kappa shape index (κ2) is 17.7. The summed E-state index contributed by atoms with van der Waals surface area (Å²) in [6.07, 6.45) is -4.27. The van der Waals surface area contributed by atoms with E-state index >= 15 is 0 Å². The monoisotopic (exact) mass is 666 g/mol. The maximum absolute atomic E-state index is 13.6. The molecule has 10 nitrogen and oxygen atoms in total. The molecule has 0 N–H and O–H groups in total. The summed E-state index contributed by atoms with van der Waals surface area (Å²) < 4.78 is 36.2. The van der Waals surface area contributed by atoms with Crippen LogP contribution < -0.4 is 0 Å². The van der Waals surface area contributed by atoms with Crippen molar-refractivity contribution in [1.82, 2.24) is 0 Å². The van der Waals surface area contributed by atoms with Crippen molar-refractivity contribution in [3.63, 3.8) is 0 Å². The normalized spacial score (nSPS) is 20.1. The van der Waals surface area contributed by atoms with Crippen molar-refractivity contribution >= 4 is 23.9 Å². The highest BCUT2D eigenvalue weighted by Crippen LogP contribution is 2.32. The van der Waals surface area contributed by atoms with E-state index in [-0.39, 0.29) is 23.3 Å². The highest BCUT2D eigenvalue weighted by Gasteiger charge is 2.53. The molecule has 1 heterocycles. The van der Waals surface area contributed by atoms with E-state index in [0.717, 1.165) is 12.8 Å². The fourth-order valence-corrected chi connectivity index (χ4v) is 5.21. The van der Waals surface area contributed by atoms with Crippen molar-refractivity contribution in [3.05, 3.63) is 144 Å². The summed E-state index contributed by atoms with van der Waals surface area (Å²) in [6, 6.07) is 33.1. The molecule has 0 radical (unpaired) electrons. The minimum atomic E-state index is -1.45. The first-order valence-electron chi connectivity index (χ1n) is 16.2. The van der Waals surface area contributed by atoms with Crippen LogP contribution in [0.25, 0.3) is 0 Å². The van der Waals surface area contributed by atoms with Crippen molar-refractivity contribution in [2.45, 2.75) is 56.9 Å². The molecule has 1 aliphatic rings. The molecular formula is C39H38O10. The molecule has 1 aliphatic heterocycles. The van der Waals surface area contributed by atoms with Gasteiger partial charge in [0.1, 0.15) is 12.7 Å². The van der Waals surface area contributed by atoms with Crippen LogP contribution in [-0.2, 0) is 28.4 Å². The Morgan fingerprint density at radius 3 is 1.39 bits per heavy atom. The number of carbonyl (C=O) groups excluding carboxylic acids is 4. The van der Waals surface area contributed by atoms with Gasteiger partial charge in [-0.15, -0.1) is 0 Å². The molecule has 5 rings (SSSR count). The van der Waals surface area contributed by atoms with Crippen LogP contribution in [0.5, 0.6) is 0 Å². The summed E-state index contributed by atoms with van der Waals surface area (Å²) in [4.78, 5) is 53.6. The fourth-order valence-electron chi connectivity index (χ4n) is 5.21. The van der Waals surface area contributed by atoms with Crippen LogP contribution in [0.4, 0.5) is 0 Å². The molecule has 1 fully saturated rings. The zero-order valence-electron chi connectivity index (χ0n) is 27.1. The molecule has 0 amide bonds. The van der Waals surface area contributed by atoms with Crippen molar-refractivity contribution in [3.8, 4) is 0 Å². The van der Waals surface area contributed by atoms with E-state index in [1.807, 2.05) is 6.92 Å². The van der Waals surface area contributed by atoms with E-state index in [1.165, 1.54) is 0 Å². The average molecular weight is 667 g/mol. The molecule has 2 unspecified atom stereocenters. The molecule has 0 aliphatic carbocycles. The molecule has 0 aromatic heterocycles. The Kier molecular flexibility index (Phi) is 12.7. The van der Waals surface area contributed by atoms with Crippen LogP contribution in [0.2, 0.25) is 0 Å². The Labute approximate surface area is 284 Å². The first-order valence-corrected chi connectivity index (χ1v) is 16.2. The summed E-state index contributed by atoms with van der Waals surface area (Å²) in [5.74, 6) is -2.91. The predicted molar refractivity (Wildman–Crippen MR) is 178 cm³/mol. The standard InChI is InChI=1S/C39H38O10/c1-2-3-16-25-44-39-34(49-38(43)30-23-14-7-15-24-30)33(48-37(42)29-21-12-6-13-22-29)32(47-36(41)28-19-10-5-11-20-28)31(46-39)26-45-35(40)27-17-8-4-9-18-27/h4-15,17-24,31-34,39H,2-3,16,25-26H2,1H3/t31?,32-,33+,34?,39+/m1/s1. The summed E-state index contributed by atoms with van der Waals surface area (Å²) in [7, 11) is 0. The van der Waals surface area contributed by atoms with Gasteiger partial charge >= 0.3 is 23.9 Å². The van der Waals surface area contributed by atoms with Gasteiger partial charge in [-0.2, -0.15) is 0 Å². The Hall–Kier alpha value is -5.32. The number of benzene rings is 4. The fraction of sp³-hybridized carbons (Fsp3) is 0.282. The zero-order chi connectivity index (χ0) is 34.4. The number of hydrogen-bond donors (Lipinski definition) is 0. The zero-order valence-corrected chi connectivity index (χ0v) is 27.1. The lowest BCUT2D eigenvalue weighted by atomic mass is 9.97. The van der Waals surface area contributed by atoms with E-state index in [1.54, 1.807) is 121 Å². The number of rotatable bonds is 14. The second-order valence-corrected chi connectivity index (χ2v) is 11.3. The predicted octanol–water partition coefficient (Wildman–Crippen LogP) is 6.45. The van der Waals surface area contributed by atoms with E-state index < -0.39 is 61.2 Å². The van der Waals surface area contributed by atoms with Crippen LogP contribution in [0.3, 0.4) is 0 Å². The molecular weight excluding hydrogens is 628 g/mol. The Morgan fingerprint density at radius 2 is 0.939 bits per heavy atom. The van der Waals surface area contributed by atoms with Crippen molar-refractivity contribution in [2.75, 3.05) is 13.2 Å². The van der Waals surface area contributed by atoms with Gasteiger partial charge in [-0.25, -0.2) is 19.2 Å². The maximum atomic E-state index is 13.6. The Morgan fingerprint density at radius 1 is 0.531 bits per heavy atom. The van der Waals surface area contributed by atoms with Crippen LogP contribution in [-0.4, -0.2) is 67.8 Å². The third-order valence-corrected chi connectivity index (χ3v) is 7.77. The smallest absolute Gasteiger partial charge is 0.338 e. The first kappa shape index (κ1) is 35.0. The van der Waals surface area contributed by atoms with Crippen LogP contribution >= 0.6 is 0 Å². The highest BCUT2D eigenvalue weighted by atomic mass is 16.7. The van der Waals surface area contributed by atoms with Crippen molar-refractivity contribution in [1.29, 1.82) is 0 Å². The van der Waals surface area contributed by atoms with Gasteiger partial charge in [0.15, 0.2) is 24.6 Å². The van der Waals surface area contributed by atoms with E-state index in [2.05, 4.69) is 0 Å². The number of esters is 4. The van der Waals surface area contributed by atoms with Gasteiger partial charge in [0, 0.05) is 6.61 Å². The van der Waals surface area contributed by atoms with Crippen LogP contribution in [0.1, 0.15) is 67.6 Å². The number of unbranched alkanes of at least 4 members (excludes halogenated alkanes) is 2. The summed E-state index contributed by atoms with van der Waals surface area (Å²) in [5, 5.41) is 0. The Balaban J connectivity index is 1.53. The summed E-state index contributed by atoms with van der Waals surface area (Å²) in [6.45, 7) is 1.86. The van der Waals surface area contributed by atoms with E-state index in [9.17, 15) is 19.2 Å². The molecule has 49 heavy (non-hydrogen) atoms. The van der Waals surface area contributed by atoms with E-state index in [0.29, 0.717) is 12.0 Å². The van der Waals surface area contributed by atoms with E-state index in [4.69, 9.17) is 28.4 Å². The van der Waals surface area contributed by atoms with Gasteiger partial charge in [0.05, 0.1) is 22.3 Å². The maximum Gasteiger partial charge on any atom is 0.338 e. The summed E-state index contributed by atoms with van der Waals surface area (Å²) >= 11 is 0. The molecule has 10 heteroatoms. The second-order valence-electron chi connectivity index (χ2n) is 11.3. The SMILES string of the molecule is CCCCCO[C@H]1OC(COC(=O)c2ccccc2)[C@@H](OC(=O)c2ccccc2)[C@H](OC(=O)c2ccccc2)C1OC(=O)c1ccccc1. The molecule has 254 valence electrons. The number of carbonyl (C=O) groups is 4. The van der Waals surface area contributed by atoms with Crippen LogP contribution in [0, 0.1) is 0 Å². The summed E-state index contributed by atoms with van der Waals surface area (Å²) in [5.41, 5.74) is 0.955. The molecule has 4 aromatic rings. The lowest BCUT2D eigenvalue weighted by Gasteiger charge is -2.44. The molecule has 0 saturated carbocycles. The highest BCUT2D eigenvalue weighted by molar-refractivity contribution is 5.91. The van der Waals surface area contributed by atoms with Gasteiger partial charge in [-0.3, -0.25) is 0 Å². The van der Waals surface area contributed by atoms with Crippen molar-refractivity contribution in [2.24, 2.45) is 0 Å². The van der Waals surface area contributed by atoms with Gasteiger partial charge < -0.3 is 28.4 Å². The molecule has 4 aromatic carbocycles. The third-order valence-electron chi connectivity index (χ3n) is 7.77. The molecule has 0 spiro atoms. The largest absolute Gasteiger partial charge is 0.459 e. The first-order chi connectivity index (χ1) is 23.9. The molecule has 1 saturated heterocycles. The number of ether oxygens (including phenoxy) is 6. The molecule has 0 bridgehead atoms. The number of hydrogen-bond acceptors (Lipinski definition) is 10. The van der Waals surface area contributed by atoms with Crippen molar-refractivity contribution < 1.29 is 47.6 Å². The molecule has 5 atom stereocenters. The Bertz CT molecular complexity index is 1650. The van der Waals surface area contributed by atoms with Gasteiger partial charge in [-0.1, -0.05) is 92.6 Å². The van der Waals surface area contributed by atoms with Gasteiger partial charge in [0.2, 0.25) is 0 Å². The van der Waals surface area contributed by atoms with Gasteiger partial charge in [0.25, 0.3) is 0 Å².